The predicted octanol–water partition coefficient (Wildman–Crippen LogP) is 6.79. The number of pyridine rings is 2. The van der Waals surface area contributed by atoms with Crippen molar-refractivity contribution in [3.05, 3.63) is 87.9 Å². The van der Waals surface area contributed by atoms with E-state index in [0.29, 0.717) is 42.1 Å². The summed E-state index contributed by atoms with van der Waals surface area (Å²) in [6, 6.07) is 10.1. The van der Waals surface area contributed by atoms with E-state index in [1.165, 1.54) is 26.0 Å². The van der Waals surface area contributed by atoms with Gasteiger partial charge < -0.3 is 20.5 Å². The summed E-state index contributed by atoms with van der Waals surface area (Å²) < 4.78 is 42.8. The van der Waals surface area contributed by atoms with Crippen molar-refractivity contribution in [1.29, 1.82) is 0 Å². The number of nitrogens with zero attached hydrogens (tertiary/aromatic N) is 3. The van der Waals surface area contributed by atoms with Gasteiger partial charge in [0.05, 0.1) is 39.5 Å². The summed E-state index contributed by atoms with van der Waals surface area (Å²) >= 11 is 10.9. The van der Waals surface area contributed by atoms with Gasteiger partial charge in [-0.05, 0) is 57.0 Å². The molecule has 2 aliphatic carbocycles. The van der Waals surface area contributed by atoms with E-state index < -0.39 is 11.6 Å². The first-order valence-electron chi connectivity index (χ1n) is 15.1. The Morgan fingerprint density at radius 1 is 1.17 bits per heavy atom. The Morgan fingerprint density at radius 2 is 1.91 bits per heavy atom. The molecule has 2 unspecified atom stereocenters. The van der Waals surface area contributed by atoms with Crippen LogP contribution in [0.1, 0.15) is 72.2 Å². The number of rotatable bonds is 9. The number of hydrogen-bond donors (Lipinski definition) is 3. The number of nitrogens with one attached hydrogen (secondary N) is 1. The van der Waals surface area contributed by atoms with E-state index in [-0.39, 0.29) is 33.6 Å². The fourth-order valence-corrected chi connectivity index (χ4v) is 5.66. The van der Waals surface area contributed by atoms with Crippen LogP contribution in [0.5, 0.6) is 11.6 Å². The van der Waals surface area contributed by atoms with Gasteiger partial charge in [0.25, 0.3) is 0 Å². The van der Waals surface area contributed by atoms with Crippen LogP contribution in [-0.4, -0.2) is 54.9 Å². The molecule has 0 spiro atoms. The minimum absolute atomic E-state index is 0.0735. The number of nitrogens with two attached hydrogens (primary N) is 1. The van der Waals surface area contributed by atoms with Gasteiger partial charge in [0.15, 0.2) is 0 Å². The first-order valence-corrected chi connectivity index (χ1v) is 16.0. The van der Waals surface area contributed by atoms with Crippen LogP contribution in [-0.2, 0) is 0 Å². The first kappa shape index (κ1) is 33.7. The third-order valence-corrected chi connectivity index (χ3v) is 8.67. The van der Waals surface area contributed by atoms with Gasteiger partial charge in [0.2, 0.25) is 5.88 Å². The summed E-state index contributed by atoms with van der Waals surface area (Å²) in [6.45, 7) is 9.52. The second-order valence-corrected chi connectivity index (χ2v) is 12.3. The van der Waals surface area contributed by atoms with E-state index >= 15 is 0 Å². The van der Waals surface area contributed by atoms with Crippen molar-refractivity contribution in [3.63, 3.8) is 0 Å². The molecule has 0 saturated heterocycles. The van der Waals surface area contributed by atoms with Gasteiger partial charge in [-0.1, -0.05) is 25.1 Å². The van der Waals surface area contributed by atoms with Gasteiger partial charge in [-0.15, -0.1) is 5.73 Å². The average molecular weight is 663 g/mol. The summed E-state index contributed by atoms with van der Waals surface area (Å²) in [5.41, 5.74) is 13.0. The Balaban J connectivity index is 0.00000100. The molecular weight excluding hydrogens is 627 g/mol. The number of thiol groups is 1. The molecule has 7 rings (SSSR count). The molecule has 3 aromatic heterocycles. The standard InChI is InChI=1S/C32H29ClF2N4O2S.CH2B.CH5N/c1-3-26(18-8-19-10-27(17-4-5-17)38-39(19)30(9-18)41-20-6-7-20)36-14-29(42)28-12-21-16(2)15-40-32(21)31(37-28)22-11-23(33)25(35)13-24(22)34;2*1-2/h8-13,16-17,20,29,36,42H,1,4-7,14-15H2,2H3;1H2;2H2,1H3. The fraction of sp³-hybridized carbons (Fsp3) is 0.353. The topological polar surface area (TPSA) is 86.7 Å². The molecule has 1 radical (unpaired) electrons. The SMILES string of the molecule is C=C=C(NCC(S)c1cc2c(c(-c3cc(Cl)c(F)cc3F)n1)OCC2C)c1cc(OC2CC2)n2nc(C3CC3)cc2c1.CN.[B]=C. The monoisotopic (exact) mass is 662 g/mol. The number of hydrogen-bond acceptors (Lipinski definition) is 7. The number of fused-ring (bicyclic) bond motifs is 2. The molecule has 4 heterocycles. The third kappa shape index (κ3) is 7.03. The van der Waals surface area contributed by atoms with Crippen LogP contribution in [0.15, 0.2) is 48.7 Å². The van der Waals surface area contributed by atoms with Crippen LogP contribution in [0.4, 0.5) is 8.78 Å². The van der Waals surface area contributed by atoms with E-state index in [1.54, 1.807) is 0 Å². The Hall–Kier alpha value is -3.63. The molecule has 4 aromatic rings. The van der Waals surface area contributed by atoms with Gasteiger partial charge in [0, 0.05) is 47.2 Å². The van der Waals surface area contributed by atoms with E-state index in [2.05, 4.69) is 49.5 Å². The molecular formula is C34H36BClF2N5O2S. The molecule has 12 heteroatoms. The quantitative estimate of drug-likeness (QED) is 0.0792. The molecule has 46 heavy (non-hydrogen) atoms. The van der Waals surface area contributed by atoms with E-state index in [1.807, 2.05) is 23.6 Å². The predicted molar refractivity (Wildman–Crippen MR) is 185 cm³/mol. The van der Waals surface area contributed by atoms with Crippen molar-refractivity contribution in [2.75, 3.05) is 20.2 Å². The Kier molecular flexibility index (Phi) is 10.6. The Labute approximate surface area is 279 Å². The van der Waals surface area contributed by atoms with Gasteiger partial charge in [-0.2, -0.15) is 17.7 Å². The maximum atomic E-state index is 14.9. The number of halogens is 3. The summed E-state index contributed by atoms with van der Waals surface area (Å²) in [7, 11) is 5.75. The first-order chi connectivity index (χ1) is 22.3. The average Bonchev–Trinajstić information content (AvgIpc) is 4.01. The summed E-state index contributed by atoms with van der Waals surface area (Å²) in [4.78, 5) is 4.74. The van der Waals surface area contributed by atoms with E-state index in [4.69, 9.17) is 43.8 Å². The summed E-state index contributed by atoms with van der Waals surface area (Å²) in [5.74, 6) is 0.190. The molecule has 1 aromatic carbocycles. The molecule has 1 aliphatic heterocycles. The van der Waals surface area contributed by atoms with Crippen LogP contribution in [0.3, 0.4) is 0 Å². The zero-order chi connectivity index (χ0) is 33.1. The van der Waals surface area contributed by atoms with Crippen LogP contribution in [0.25, 0.3) is 22.5 Å². The number of aromatic nitrogens is 3. The van der Waals surface area contributed by atoms with Crippen LogP contribution in [0.2, 0.25) is 5.02 Å². The number of ether oxygens (including phenoxy) is 2. The zero-order valence-corrected chi connectivity index (χ0v) is 27.5. The van der Waals surface area contributed by atoms with Gasteiger partial charge in [-0.25, -0.2) is 18.3 Å². The van der Waals surface area contributed by atoms with Gasteiger partial charge in [-0.3, -0.25) is 0 Å². The molecule has 0 bridgehead atoms. The van der Waals surface area contributed by atoms with Crippen LogP contribution in [0, 0.1) is 11.6 Å². The fourth-order valence-electron chi connectivity index (χ4n) is 5.27. The minimum atomic E-state index is -0.830. The number of benzene rings is 1. The van der Waals surface area contributed by atoms with E-state index in [0.717, 1.165) is 41.2 Å². The van der Waals surface area contributed by atoms with Crippen molar-refractivity contribution < 1.29 is 18.3 Å². The van der Waals surface area contributed by atoms with E-state index in [9.17, 15) is 8.78 Å². The third-order valence-electron chi connectivity index (χ3n) is 7.93. The second kappa shape index (κ2) is 14.4. The Bertz CT molecular complexity index is 1810. The van der Waals surface area contributed by atoms with Crippen molar-refractivity contribution in [2.24, 2.45) is 5.73 Å². The molecule has 3 aliphatic rings. The normalized spacial score (nSPS) is 17.0. The van der Waals surface area contributed by atoms with Gasteiger partial charge in [0.1, 0.15) is 29.2 Å². The maximum absolute atomic E-state index is 14.9. The van der Waals surface area contributed by atoms with Gasteiger partial charge >= 0.3 is 14.0 Å². The molecule has 7 nitrogen and oxygen atoms in total. The van der Waals surface area contributed by atoms with Crippen molar-refractivity contribution >= 4 is 49.4 Å². The van der Waals surface area contributed by atoms with Crippen LogP contribution >= 0.6 is 24.2 Å². The van der Waals surface area contributed by atoms with Crippen LogP contribution < -0.4 is 20.5 Å². The molecule has 3 N–H and O–H groups in total. The van der Waals surface area contributed by atoms with Crippen molar-refractivity contribution in [2.45, 2.75) is 55.8 Å². The molecule has 239 valence electrons. The zero-order valence-electron chi connectivity index (χ0n) is 25.8. The molecule has 2 saturated carbocycles. The second-order valence-electron chi connectivity index (χ2n) is 11.3. The summed E-state index contributed by atoms with van der Waals surface area (Å²) in [6.07, 6.45) is 4.64. The summed E-state index contributed by atoms with van der Waals surface area (Å²) in [5, 5.41) is 7.67. The molecule has 2 fully saturated rings. The molecule has 2 atom stereocenters. The van der Waals surface area contributed by atoms with Crippen molar-refractivity contribution in [3.8, 4) is 22.9 Å². The van der Waals surface area contributed by atoms with Crippen molar-refractivity contribution in [1.82, 2.24) is 19.9 Å². The Morgan fingerprint density at radius 3 is 2.59 bits per heavy atom. The molecule has 0 amide bonds.